The van der Waals surface area contributed by atoms with E-state index in [1.54, 1.807) is 6.26 Å². The van der Waals surface area contributed by atoms with E-state index in [1.807, 2.05) is 18.2 Å². The molecule has 14 heavy (non-hydrogen) atoms. The van der Waals surface area contributed by atoms with Crippen molar-refractivity contribution in [1.82, 2.24) is 0 Å². The summed E-state index contributed by atoms with van der Waals surface area (Å²) >= 11 is 3.38. The third-order valence-corrected chi connectivity index (χ3v) is 2.47. The number of hydrogen-bond acceptors (Lipinski definition) is 3. The van der Waals surface area contributed by atoms with Gasteiger partial charge in [0, 0.05) is 5.39 Å². The van der Waals surface area contributed by atoms with E-state index in [9.17, 15) is 4.79 Å². The van der Waals surface area contributed by atoms with E-state index in [0.29, 0.717) is 6.47 Å². The molecule has 0 aliphatic heterocycles. The van der Waals surface area contributed by atoms with Gasteiger partial charge in [0.25, 0.3) is 6.47 Å². The number of hydrogen-bond donors (Lipinski definition) is 0. The molecule has 0 bridgehead atoms. The molecular weight excluding hydrogens is 248 g/mol. The second kappa shape index (κ2) is 3.84. The number of ether oxygens (including phenoxy) is 1. The molecule has 0 aliphatic carbocycles. The average Bonchev–Trinajstić information content (AvgIpc) is 2.63. The molecule has 0 fully saturated rings. The van der Waals surface area contributed by atoms with Gasteiger partial charge in [-0.05, 0) is 39.7 Å². The smallest absolute Gasteiger partial charge is 0.293 e. The fourth-order valence-electron chi connectivity index (χ4n) is 1.31. The summed E-state index contributed by atoms with van der Waals surface area (Å²) in [5, 5.41) is 0.990. The molecule has 72 valence electrons. The van der Waals surface area contributed by atoms with Crippen LogP contribution >= 0.6 is 15.9 Å². The summed E-state index contributed by atoms with van der Waals surface area (Å²) < 4.78 is 10.8. The third kappa shape index (κ3) is 1.65. The van der Waals surface area contributed by atoms with Gasteiger partial charge < -0.3 is 9.15 Å². The molecule has 1 aromatic heterocycles. The predicted molar refractivity (Wildman–Crippen MR) is 54.8 cm³/mol. The van der Waals surface area contributed by atoms with Crippen LogP contribution in [0.2, 0.25) is 0 Å². The van der Waals surface area contributed by atoms with Crippen LogP contribution < -0.4 is 0 Å². The Morgan fingerprint density at radius 2 is 2.36 bits per heavy atom. The van der Waals surface area contributed by atoms with Crippen molar-refractivity contribution in [1.29, 1.82) is 0 Å². The summed E-state index contributed by atoms with van der Waals surface area (Å²) in [4.78, 5) is 10.0. The SMILES string of the molecule is O=COCc1cc(Br)c2occc2c1. The molecule has 0 atom stereocenters. The van der Waals surface area contributed by atoms with Gasteiger partial charge >= 0.3 is 0 Å². The molecule has 0 N–H and O–H groups in total. The van der Waals surface area contributed by atoms with E-state index in [-0.39, 0.29) is 6.61 Å². The second-order valence-electron chi connectivity index (χ2n) is 2.82. The van der Waals surface area contributed by atoms with Crippen molar-refractivity contribution >= 4 is 33.4 Å². The van der Waals surface area contributed by atoms with Crippen molar-refractivity contribution in [2.24, 2.45) is 0 Å². The van der Waals surface area contributed by atoms with Gasteiger partial charge in [-0.25, -0.2) is 0 Å². The van der Waals surface area contributed by atoms with Crippen molar-refractivity contribution in [3.05, 3.63) is 34.5 Å². The first-order chi connectivity index (χ1) is 6.81. The van der Waals surface area contributed by atoms with Crippen molar-refractivity contribution in [3.8, 4) is 0 Å². The van der Waals surface area contributed by atoms with E-state index in [0.717, 1.165) is 21.0 Å². The van der Waals surface area contributed by atoms with Gasteiger partial charge in [-0.1, -0.05) is 0 Å². The van der Waals surface area contributed by atoms with E-state index in [2.05, 4.69) is 20.7 Å². The number of carbonyl (C=O) groups is 1. The van der Waals surface area contributed by atoms with Crippen LogP contribution in [-0.4, -0.2) is 6.47 Å². The van der Waals surface area contributed by atoms with E-state index >= 15 is 0 Å². The zero-order chi connectivity index (χ0) is 9.97. The zero-order valence-electron chi connectivity index (χ0n) is 7.20. The van der Waals surface area contributed by atoms with Crippen molar-refractivity contribution in [3.63, 3.8) is 0 Å². The summed E-state index contributed by atoms with van der Waals surface area (Å²) in [6.07, 6.45) is 1.62. The summed E-state index contributed by atoms with van der Waals surface area (Å²) in [6, 6.07) is 5.66. The summed E-state index contributed by atoms with van der Waals surface area (Å²) in [5.74, 6) is 0. The second-order valence-corrected chi connectivity index (χ2v) is 3.68. The molecule has 0 spiro atoms. The van der Waals surface area contributed by atoms with Gasteiger partial charge in [-0.3, -0.25) is 4.79 Å². The number of halogens is 1. The minimum absolute atomic E-state index is 0.281. The zero-order valence-corrected chi connectivity index (χ0v) is 8.78. The van der Waals surface area contributed by atoms with Gasteiger partial charge in [0.2, 0.25) is 0 Å². The Kier molecular flexibility index (Phi) is 2.54. The Labute approximate surface area is 88.8 Å². The lowest BCUT2D eigenvalue weighted by Crippen LogP contribution is -1.89. The van der Waals surface area contributed by atoms with Crippen LogP contribution in [0.15, 0.2) is 33.4 Å². The Bertz CT molecular complexity index is 461. The highest BCUT2D eigenvalue weighted by atomic mass is 79.9. The third-order valence-electron chi connectivity index (χ3n) is 1.88. The van der Waals surface area contributed by atoms with E-state index in [4.69, 9.17) is 4.42 Å². The maximum Gasteiger partial charge on any atom is 0.293 e. The van der Waals surface area contributed by atoms with Crippen molar-refractivity contribution in [2.45, 2.75) is 6.61 Å². The molecular formula is C10H7BrO3. The van der Waals surface area contributed by atoms with Crippen molar-refractivity contribution < 1.29 is 13.9 Å². The van der Waals surface area contributed by atoms with E-state index in [1.165, 1.54) is 0 Å². The molecule has 1 aromatic carbocycles. The molecule has 1 heterocycles. The topological polar surface area (TPSA) is 39.4 Å². The largest absolute Gasteiger partial charge is 0.463 e. The lowest BCUT2D eigenvalue weighted by atomic mass is 10.2. The first kappa shape index (κ1) is 9.27. The minimum Gasteiger partial charge on any atom is -0.463 e. The van der Waals surface area contributed by atoms with Crippen LogP contribution in [0.3, 0.4) is 0 Å². The first-order valence-electron chi connectivity index (χ1n) is 4.02. The molecule has 0 saturated carbocycles. The van der Waals surface area contributed by atoms with Crippen molar-refractivity contribution in [2.75, 3.05) is 0 Å². The number of carbonyl (C=O) groups excluding carboxylic acids is 1. The quantitative estimate of drug-likeness (QED) is 0.791. The normalized spacial score (nSPS) is 10.4. The van der Waals surface area contributed by atoms with Gasteiger partial charge in [-0.2, -0.15) is 0 Å². The van der Waals surface area contributed by atoms with Gasteiger partial charge in [0.05, 0.1) is 10.7 Å². The van der Waals surface area contributed by atoms with Crippen LogP contribution in [0, 0.1) is 0 Å². The number of benzene rings is 1. The number of fused-ring (bicyclic) bond motifs is 1. The Balaban J connectivity index is 2.42. The molecule has 4 heteroatoms. The first-order valence-corrected chi connectivity index (χ1v) is 4.81. The molecule has 2 aromatic rings. The monoisotopic (exact) mass is 254 g/mol. The van der Waals surface area contributed by atoms with Gasteiger partial charge in [-0.15, -0.1) is 0 Å². The molecule has 0 amide bonds. The van der Waals surface area contributed by atoms with Crippen LogP contribution in [0.1, 0.15) is 5.56 Å². The maximum absolute atomic E-state index is 10.0. The van der Waals surface area contributed by atoms with Crippen LogP contribution in [-0.2, 0) is 16.1 Å². The molecule has 0 radical (unpaired) electrons. The Morgan fingerprint density at radius 3 is 3.14 bits per heavy atom. The summed E-state index contributed by atoms with van der Waals surface area (Å²) in [5.41, 5.74) is 1.73. The fourth-order valence-corrected chi connectivity index (χ4v) is 1.93. The Morgan fingerprint density at radius 1 is 1.50 bits per heavy atom. The van der Waals surface area contributed by atoms with Crippen LogP contribution in [0.5, 0.6) is 0 Å². The Hall–Kier alpha value is -1.29. The molecule has 3 nitrogen and oxygen atoms in total. The lowest BCUT2D eigenvalue weighted by Gasteiger charge is -2.00. The minimum atomic E-state index is 0.281. The van der Waals surface area contributed by atoms with E-state index < -0.39 is 0 Å². The molecule has 2 rings (SSSR count). The predicted octanol–water partition coefficient (Wildman–Crippen LogP) is 2.87. The standard InChI is InChI=1S/C10H7BrO3/c11-9-4-7(5-13-6-12)3-8-1-2-14-10(8)9/h1-4,6H,5H2. The lowest BCUT2D eigenvalue weighted by molar-refractivity contribution is -0.129. The average molecular weight is 255 g/mol. The maximum atomic E-state index is 10.0. The van der Waals surface area contributed by atoms with Crippen LogP contribution in [0.25, 0.3) is 11.0 Å². The highest BCUT2D eigenvalue weighted by Gasteiger charge is 2.04. The fraction of sp³-hybridized carbons (Fsp3) is 0.100. The van der Waals surface area contributed by atoms with Gasteiger partial charge in [0.15, 0.2) is 0 Å². The molecule has 0 aliphatic rings. The summed E-state index contributed by atoms with van der Waals surface area (Å²) in [6.45, 7) is 0.719. The number of rotatable bonds is 3. The number of furan rings is 1. The molecule has 0 unspecified atom stereocenters. The van der Waals surface area contributed by atoms with Crippen LogP contribution in [0.4, 0.5) is 0 Å². The highest BCUT2D eigenvalue weighted by Crippen LogP contribution is 2.26. The molecule has 0 saturated heterocycles. The van der Waals surface area contributed by atoms with Gasteiger partial charge in [0.1, 0.15) is 12.2 Å². The summed E-state index contributed by atoms with van der Waals surface area (Å²) in [7, 11) is 0. The highest BCUT2D eigenvalue weighted by molar-refractivity contribution is 9.10.